The van der Waals surface area contributed by atoms with Crippen molar-refractivity contribution in [3.63, 3.8) is 0 Å². The lowest BCUT2D eigenvalue weighted by atomic mass is 10.4. The highest BCUT2D eigenvalue weighted by molar-refractivity contribution is 5.79. The van der Waals surface area contributed by atoms with E-state index in [1.54, 1.807) is 10.8 Å². The summed E-state index contributed by atoms with van der Waals surface area (Å²) in [6.07, 6.45) is 4.51. The van der Waals surface area contributed by atoms with Crippen molar-refractivity contribution in [2.45, 2.75) is 6.92 Å². The molecule has 1 rings (SSSR count). The Hall–Kier alpha value is -1.78. The Morgan fingerprint density at radius 3 is 3.00 bits per heavy atom. The summed E-state index contributed by atoms with van der Waals surface area (Å²) in [6.45, 7) is 2.38. The number of aromatic nitrogens is 2. The summed E-state index contributed by atoms with van der Waals surface area (Å²) in [7, 11) is 1.84. The summed E-state index contributed by atoms with van der Waals surface area (Å²) in [5.41, 5.74) is 1.82. The van der Waals surface area contributed by atoms with Crippen molar-refractivity contribution in [3.8, 4) is 0 Å². The maximum atomic E-state index is 10.2. The molecule has 0 amide bonds. The van der Waals surface area contributed by atoms with Crippen molar-refractivity contribution >= 4 is 11.7 Å². The first-order chi connectivity index (χ1) is 6.59. The molecule has 0 atom stereocenters. The summed E-state index contributed by atoms with van der Waals surface area (Å²) in [6, 6.07) is 0. The van der Waals surface area contributed by atoms with Gasteiger partial charge in [-0.15, -0.1) is 0 Å². The Labute approximate surface area is 82.0 Å². The second-order valence-corrected chi connectivity index (χ2v) is 2.92. The van der Waals surface area contributed by atoms with E-state index >= 15 is 0 Å². The zero-order valence-corrected chi connectivity index (χ0v) is 8.19. The van der Waals surface area contributed by atoms with Crippen LogP contribution in [0.5, 0.6) is 0 Å². The predicted molar refractivity (Wildman–Crippen MR) is 53.2 cm³/mol. The van der Waals surface area contributed by atoms with E-state index in [1.807, 2.05) is 20.2 Å². The number of carboxylic acids is 1. The highest BCUT2D eigenvalue weighted by Gasteiger charge is 1.99. The Kier molecular flexibility index (Phi) is 3.28. The Morgan fingerprint density at radius 2 is 2.50 bits per heavy atom. The molecule has 2 N–H and O–H groups in total. The van der Waals surface area contributed by atoms with Crippen molar-refractivity contribution in [1.82, 2.24) is 9.78 Å². The number of carbonyl (C=O) groups is 1. The lowest BCUT2D eigenvalue weighted by Crippen LogP contribution is -1.99. The van der Waals surface area contributed by atoms with Gasteiger partial charge in [-0.2, -0.15) is 5.10 Å². The van der Waals surface area contributed by atoms with Crippen LogP contribution >= 0.6 is 0 Å². The summed E-state index contributed by atoms with van der Waals surface area (Å²) in [4.78, 5) is 10.2. The number of nitrogens with one attached hydrogen (secondary N) is 1. The first kappa shape index (κ1) is 10.3. The van der Waals surface area contributed by atoms with Gasteiger partial charge in [0.25, 0.3) is 0 Å². The van der Waals surface area contributed by atoms with E-state index in [0.29, 0.717) is 6.54 Å². The normalized spacial score (nSPS) is 10.7. The molecule has 0 aliphatic carbocycles. The fourth-order valence-corrected chi connectivity index (χ4v) is 1.10. The van der Waals surface area contributed by atoms with Crippen molar-refractivity contribution in [2.24, 2.45) is 7.05 Å². The predicted octanol–water partition coefficient (Wildman–Crippen LogP) is 0.781. The molecule has 0 aliphatic heterocycles. The van der Waals surface area contributed by atoms with Gasteiger partial charge >= 0.3 is 5.97 Å². The second kappa shape index (κ2) is 4.45. The molecule has 5 heteroatoms. The van der Waals surface area contributed by atoms with Crippen molar-refractivity contribution in [2.75, 3.05) is 11.9 Å². The standard InChI is InChI=1S/C9H13N3O2/c1-7-8(6-12(2)11-7)10-5-3-4-9(13)14/h3-4,6,10H,5H2,1-2H3,(H,13,14)/b4-3+. The van der Waals surface area contributed by atoms with E-state index in [4.69, 9.17) is 5.11 Å². The van der Waals surface area contributed by atoms with Crippen LogP contribution in [0, 0.1) is 6.92 Å². The second-order valence-electron chi connectivity index (χ2n) is 2.92. The molecule has 0 saturated heterocycles. The lowest BCUT2D eigenvalue weighted by molar-refractivity contribution is -0.131. The van der Waals surface area contributed by atoms with Gasteiger partial charge in [0, 0.05) is 25.9 Å². The van der Waals surface area contributed by atoms with Crippen molar-refractivity contribution < 1.29 is 9.90 Å². The molecule has 76 valence electrons. The van der Waals surface area contributed by atoms with Crippen LogP contribution in [0.3, 0.4) is 0 Å². The quantitative estimate of drug-likeness (QED) is 0.697. The van der Waals surface area contributed by atoms with Gasteiger partial charge in [-0.1, -0.05) is 6.08 Å². The number of nitrogens with zero attached hydrogens (tertiary/aromatic N) is 2. The summed E-state index contributed by atoms with van der Waals surface area (Å²) < 4.78 is 1.71. The van der Waals surface area contributed by atoms with E-state index in [-0.39, 0.29) is 0 Å². The third kappa shape index (κ3) is 2.93. The number of hydrogen-bond acceptors (Lipinski definition) is 3. The number of rotatable bonds is 4. The third-order valence-corrected chi connectivity index (χ3v) is 1.68. The van der Waals surface area contributed by atoms with Crippen LogP contribution in [0.15, 0.2) is 18.3 Å². The fourth-order valence-electron chi connectivity index (χ4n) is 1.10. The third-order valence-electron chi connectivity index (χ3n) is 1.68. The van der Waals surface area contributed by atoms with Gasteiger partial charge in [-0.3, -0.25) is 4.68 Å². The zero-order valence-electron chi connectivity index (χ0n) is 8.19. The minimum absolute atomic E-state index is 0.485. The maximum absolute atomic E-state index is 10.2. The molecule has 1 heterocycles. The molecular weight excluding hydrogens is 182 g/mol. The van der Waals surface area contributed by atoms with Gasteiger partial charge in [0.1, 0.15) is 0 Å². The van der Waals surface area contributed by atoms with Crippen molar-refractivity contribution in [3.05, 3.63) is 24.0 Å². The SMILES string of the molecule is Cc1nn(C)cc1NC/C=C/C(=O)O. The molecule has 14 heavy (non-hydrogen) atoms. The van der Waals surface area contributed by atoms with E-state index < -0.39 is 5.97 Å². The topological polar surface area (TPSA) is 67.2 Å². The van der Waals surface area contributed by atoms with Crippen molar-refractivity contribution in [1.29, 1.82) is 0 Å². The molecule has 1 aromatic heterocycles. The molecule has 0 spiro atoms. The molecule has 5 nitrogen and oxygen atoms in total. The Morgan fingerprint density at radius 1 is 1.79 bits per heavy atom. The summed E-state index contributed by atoms with van der Waals surface area (Å²) >= 11 is 0. The highest BCUT2D eigenvalue weighted by Crippen LogP contribution is 2.10. The Balaban J connectivity index is 2.46. The average molecular weight is 195 g/mol. The van der Waals surface area contributed by atoms with Gasteiger partial charge in [-0.05, 0) is 6.92 Å². The largest absolute Gasteiger partial charge is 0.478 e. The van der Waals surface area contributed by atoms with Gasteiger partial charge in [0.15, 0.2) is 0 Å². The van der Waals surface area contributed by atoms with Crippen LogP contribution in [0.4, 0.5) is 5.69 Å². The first-order valence-electron chi connectivity index (χ1n) is 4.23. The van der Waals surface area contributed by atoms with Gasteiger partial charge in [0.05, 0.1) is 11.4 Å². The van der Waals surface area contributed by atoms with Crippen LogP contribution in [-0.2, 0) is 11.8 Å². The molecule has 0 radical (unpaired) electrons. The van der Waals surface area contributed by atoms with Crippen LogP contribution in [-0.4, -0.2) is 27.4 Å². The van der Waals surface area contributed by atoms with Gasteiger partial charge in [0.2, 0.25) is 0 Å². The monoisotopic (exact) mass is 195 g/mol. The highest BCUT2D eigenvalue weighted by atomic mass is 16.4. The average Bonchev–Trinajstić information content (AvgIpc) is 2.39. The minimum Gasteiger partial charge on any atom is -0.478 e. The molecule has 0 aromatic carbocycles. The first-order valence-corrected chi connectivity index (χ1v) is 4.23. The van der Waals surface area contributed by atoms with E-state index in [1.165, 1.54) is 0 Å². The smallest absolute Gasteiger partial charge is 0.328 e. The molecular formula is C9H13N3O2. The Bertz CT molecular complexity index is 355. The van der Waals surface area contributed by atoms with Crippen LogP contribution in [0.2, 0.25) is 0 Å². The summed E-state index contributed by atoms with van der Waals surface area (Å²) in [5, 5.41) is 15.5. The number of aliphatic carboxylic acids is 1. The fraction of sp³-hybridized carbons (Fsp3) is 0.333. The molecule has 0 saturated carbocycles. The van der Waals surface area contributed by atoms with Crippen LogP contribution in [0.1, 0.15) is 5.69 Å². The maximum Gasteiger partial charge on any atom is 0.328 e. The number of carboxylic acid groups (broad SMARTS) is 1. The molecule has 0 aliphatic rings. The molecule has 0 fully saturated rings. The van der Waals surface area contributed by atoms with Crippen LogP contribution in [0.25, 0.3) is 0 Å². The molecule has 0 bridgehead atoms. The van der Waals surface area contributed by atoms with E-state index in [0.717, 1.165) is 17.5 Å². The summed E-state index contributed by atoms with van der Waals surface area (Å²) in [5.74, 6) is -0.935. The van der Waals surface area contributed by atoms with E-state index in [2.05, 4.69) is 10.4 Å². The van der Waals surface area contributed by atoms with Gasteiger partial charge < -0.3 is 10.4 Å². The van der Waals surface area contributed by atoms with Gasteiger partial charge in [-0.25, -0.2) is 4.79 Å². The minimum atomic E-state index is -0.935. The number of hydrogen-bond donors (Lipinski definition) is 2. The lowest BCUT2D eigenvalue weighted by Gasteiger charge is -1.98. The molecule has 1 aromatic rings. The van der Waals surface area contributed by atoms with E-state index in [9.17, 15) is 4.79 Å². The number of anilines is 1. The number of aryl methyl sites for hydroxylation is 2. The van der Waals surface area contributed by atoms with Crippen LogP contribution < -0.4 is 5.32 Å². The molecule has 0 unspecified atom stereocenters. The zero-order chi connectivity index (χ0) is 10.6.